The van der Waals surface area contributed by atoms with E-state index in [1.807, 2.05) is 24.3 Å². The molecule has 0 atom stereocenters. The van der Waals surface area contributed by atoms with Crippen molar-refractivity contribution in [2.45, 2.75) is 6.42 Å². The van der Waals surface area contributed by atoms with Crippen molar-refractivity contribution in [2.75, 3.05) is 0 Å². The van der Waals surface area contributed by atoms with E-state index in [2.05, 4.69) is 9.36 Å². The topological polar surface area (TPSA) is 49.6 Å². The van der Waals surface area contributed by atoms with Crippen LogP contribution in [0.25, 0.3) is 11.1 Å². The first-order valence-electron chi connectivity index (χ1n) is 6.43. The number of nitriles is 1. The van der Waals surface area contributed by atoms with Crippen LogP contribution in [-0.4, -0.2) is 9.36 Å². The van der Waals surface area contributed by atoms with Crippen LogP contribution in [0.2, 0.25) is 0 Å². The van der Waals surface area contributed by atoms with Gasteiger partial charge in [-0.3, -0.25) is 0 Å². The van der Waals surface area contributed by atoms with Crippen molar-refractivity contribution in [3.8, 4) is 17.2 Å². The van der Waals surface area contributed by atoms with Crippen LogP contribution in [0, 0.1) is 23.0 Å². The summed E-state index contributed by atoms with van der Waals surface area (Å²) in [5, 5.41) is 8.88. The molecule has 0 aliphatic carbocycles. The minimum Gasteiger partial charge on any atom is -0.209 e. The van der Waals surface area contributed by atoms with E-state index in [0.717, 1.165) is 17.1 Å². The lowest BCUT2D eigenvalue weighted by Gasteiger charge is -2.07. The first-order chi connectivity index (χ1) is 10.7. The Morgan fingerprint density at radius 1 is 1.05 bits per heavy atom. The van der Waals surface area contributed by atoms with Crippen molar-refractivity contribution in [1.29, 1.82) is 5.26 Å². The van der Waals surface area contributed by atoms with Gasteiger partial charge in [-0.05, 0) is 34.8 Å². The molecule has 0 amide bonds. The van der Waals surface area contributed by atoms with E-state index in [9.17, 15) is 8.78 Å². The third kappa shape index (κ3) is 2.85. The van der Waals surface area contributed by atoms with Gasteiger partial charge in [0.2, 0.25) is 5.01 Å². The van der Waals surface area contributed by atoms with E-state index >= 15 is 0 Å². The number of hydrogen-bond donors (Lipinski definition) is 0. The average molecular weight is 313 g/mol. The molecular weight excluding hydrogens is 304 g/mol. The molecule has 22 heavy (non-hydrogen) atoms. The molecular formula is C16H9F2N3S. The number of hydrogen-bond acceptors (Lipinski definition) is 4. The molecule has 1 aromatic heterocycles. The van der Waals surface area contributed by atoms with Gasteiger partial charge in [0, 0.05) is 12.0 Å². The van der Waals surface area contributed by atoms with Crippen molar-refractivity contribution in [2.24, 2.45) is 0 Å². The Morgan fingerprint density at radius 2 is 1.73 bits per heavy atom. The van der Waals surface area contributed by atoms with Crippen molar-refractivity contribution in [3.05, 3.63) is 70.5 Å². The van der Waals surface area contributed by atoms with Crippen LogP contribution in [0.1, 0.15) is 16.4 Å². The first kappa shape index (κ1) is 14.3. The van der Waals surface area contributed by atoms with Gasteiger partial charge in [0.05, 0.1) is 0 Å². The standard InChI is InChI=1S/C16H9F2N3S/c17-13-6-11(10-4-2-1-3-5-10)7-14(18)12(13)8-15-20-16(9-19)22-21-15/h1-7H,8H2. The van der Waals surface area contributed by atoms with Gasteiger partial charge in [-0.2, -0.15) is 9.64 Å². The predicted octanol–water partition coefficient (Wildman–Crippen LogP) is 3.95. The second-order valence-corrected chi connectivity index (χ2v) is 5.34. The summed E-state index contributed by atoms with van der Waals surface area (Å²) in [7, 11) is 0. The molecule has 0 N–H and O–H groups in total. The van der Waals surface area contributed by atoms with Gasteiger partial charge in [-0.1, -0.05) is 30.3 Å². The van der Waals surface area contributed by atoms with Crippen LogP contribution in [-0.2, 0) is 6.42 Å². The van der Waals surface area contributed by atoms with Crippen molar-refractivity contribution >= 4 is 11.5 Å². The number of nitrogens with zero attached hydrogens (tertiary/aromatic N) is 3. The Morgan fingerprint density at radius 3 is 2.32 bits per heavy atom. The van der Waals surface area contributed by atoms with Crippen LogP contribution < -0.4 is 0 Å². The van der Waals surface area contributed by atoms with Gasteiger partial charge < -0.3 is 0 Å². The van der Waals surface area contributed by atoms with E-state index in [1.165, 1.54) is 12.1 Å². The van der Waals surface area contributed by atoms with Crippen molar-refractivity contribution < 1.29 is 8.78 Å². The molecule has 3 nitrogen and oxygen atoms in total. The summed E-state index contributed by atoms with van der Waals surface area (Å²) >= 11 is 0.913. The molecule has 6 heteroatoms. The normalized spacial score (nSPS) is 10.4. The maximum atomic E-state index is 14.2. The summed E-state index contributed by atoms with van der Waals surface area (Å²) in [6.45, 7) is 0. The van der Waals surface area contributed by atoms with E-state index in [1.54, 1.807) is 12.1 Å². The quantitative estimate of drug-likeness (QED) is 0.736. The van der Waals surface area contributed by atoms with Crippen LogP contribution in [0.5, 0.6) is 0 Å². The maximum absolute atomic E-state index is 14.2. The molecule has 3 aromatic rings. The summed E-state index contributed by atoms with van der Waals surface area (Å²) < 4.78 is 32.3. The summed E-state index contributed by atoms with van der Waals surface area (Å²) in [5.74, 6) is -1.05. The summed E-state index contributed by atoms with van der Waals surface area (Å²) in [4.78, 5) is 3.90. The Balaban J connectivity index is 1.95. The van der Waals surface area contributed by atoms with Crippen molar-refractivity contribution in [3.63, 3.8) is 0 Å². The summed E-state index contributed by atoms with van der Waals surface area (Å²) in [6.07, 6.45) is -0.0785. The molecule has 0 radical (unpaired) electrons. The predicted molar refractivity (Wildman–Crippen MR) is 79.2 cm³/mol. The van der Waals surface area contributed by atoms with E-state index < -0.39 is 11.6 Å². The van der Waals surface area contributed by atoms with E-state index in [4.69, 9.17) is 5.26 Å². The molecule has 0 aliphatic rings. The smallest absolute Gasteiger partial charge is 0.209 e. The van der Waals surface area contributed by atoms with Crippen LogP contribution in [0.15, 0.2) is 42.5 Å². The fourth-order valence-corrected chi connectivity index (χ4v) is 2.58. The highest BCUT2D eigenvalue weighted by atomic mass is 32.1. The Kier molecular flexibility index (Phi) is 3.90. The lowest BCUT2D eigenvalue weighted by molar-refractivity contribution is 0.560. The molecule has 0 bridgehead atoms. The minimum atomic E-state index is -0.646. The van der Waals surface area contributed by atoms with E-state index in [-0.39, 0.29) is 22.8 Å². The molecule has 0 spiro atoms. The van der Waals surface area contributed by atoms with Crippen LogP contribution in [0.4, 0.5) is 8.78 Å². The molecule has 0 saturated heterocycles. The lowest BCUT2D eigenvalue weighted by atomic mass is 10.0. The fraction of sp³-hybridized carbons (Fsp3) is 0.0625. The molecule has 3 rings (SSSR count). The highest BCUT2D eigenvalue weighted by Gasteiger charge is 2.15. The van der Waals surface area contributed by atoms with Gasteiger partial charge in [-0.15, -0.1) is 0 Å². The zero-order valence-corrected chi connectivity index (χ0v) is 12.1. The molecule has 108 valence electrons. The van der Waals surface area contributed by atoms with Crippen LogP contribution >= 0.6 is 11.5 Å². The van der Waals surface area contributed by atoms with Crippen molar-refractivity contribution in [1.82, 2.24) is 9.36 Å². The second-order valence-electron chi connectivity index (χ2n) is 4.59. The molecule has 0 aliphatic heterocycles. The molecule has 0 fully saturated rings. The number of aromatic nitrogens is 2. The number of benzene rings is 2. The Labute approximate surface area is 129 Å². The molecule has 0 unspecified atom stereocenters. The zero-order valence-electron chi connectivity index (χ0n) is 11.3. The van der Waals surface area contributed by atoms with Gasteiger partial charge in [0.1, 0.15) is 23.5 Å². The SMILES string of the molecule is N#Cc1nc(Cc2c(F)cc(-c3ccccc3)cc2F)ns1. The zero-order chi connectivity index (χ0) is 15.5. The van der Waals surface area contributed by atoms with Crippen LogP contribution in [0.3, 0.4) is 0 Å². The van der Waals surface area contributed by atoms with Gasteiger partial charge in [0.25, 0.3) is 0 Å². The Hall–Kier alpha value is -2.65. The highest BCUT2D eigenvalue weighted by molar-refractivity contribution is 7.06. The molecule has 0 saturated carbocycles. The van der Waals surface area contributed by atoms with Gasteiger partial charge in [-0.25, -0.2) is 13.8 Å². The maximum Gasteiger partial charge on any atom is 0.214 e. The third-order valence-electron chi connectivity index (χ3n) is 3.15. The third-order valence-corrected chi connectivity index (χ3v) is 3.80. The summed E-state index contributed by atoms with van der Waals surface area (Å²) in [6, 6.07) is 13.5. The highest BCUT2D eigenvalue weighted by Crippen LogP contribution is 2.25. The molecule has 1 heterocycles. The number of halogens is 2. The lowest BCUT2D eigenvalue weighted by Crippen LogP contribution is -2.00. The fourth-order valence-electron chi connectivity index (χ4n) is 2.10. The molecule has 2 aromatic carbocycles. The second kappa shape index (κ2) is 6.00. The van der Waals surface area contributed by atoms with Gasteiger partial charge >= 0.3 is 0 Å². The monoisotopic (exact) mass is 313 g/mol. The number of rotatable bonds is 3. The van der Waals surface area contributed by atoms with Gasteiger partial charge in [0.15, 0.2) is 0 Å². The summed E-state index contributed by atoms with van der Waals surface area (Å²) in [5.41, 5.74) is 1.12. The Bertz CT molecular complexity index is 830. The average Bonchev–Trinajstić information content (AvgIpc) is 2.99. The van der Waals surface area contributed by atoms with E-state index in [0.29, 0.717) is 5.56 Å². The largest absolute Gasteiger partial charge is 0.214 e. The minimum absolute atomic E-state index is 0.0785. The first-order valence-corrected chi connectivity index (χ1v) is 7.20.